The molecule has 0 aliphatic carbocycles. The van der Waals surface area contributed by atoms with Gasteiger partial charge >= 0.3 is 0 Å². The summed E-state index contributed by atoms with van der Waals surface area (Å²) in [6, 6.07) is 21.1. The molecule has 3 rings (SSSR count). The molecule has 0 saturated carbocycles. The molecule has 0 heterocycles. The summed E-state index contributed by atoms with van der Waals surface area (Å²) in [4.78, 5) is 15.1. The van der Waals surface area contributed by atoms with E-state index in [0.717, 1.165) is 22.5 Å². The molecule has 0 aromatic heterocycles. The Morgan fingerprint density at radius 1 is 0.800 bits per heavy atom. The molecule has 0 N–H and O–H groups in total. The zero-order valence-electron chi connectivity index (χ0n) is 17.9. The van der Waals surface area contributed by atoms with Crippen LogP contribution in [0.25, 0.3) is 0 Å². The molecule has 5 nitrogen and oxygen atoms in total. The molecule has 0 fully saturated rings. The Morgan fingerprint density at radius 2 is 1.23 bits per heavy atom. The number of non-ortho nitro benzene ring substituents is 1. The first kappa shape index (κ1) is 21.7. The summed E-state index contributed by atoms with van der Waals surface area (Å²) in [5, 5.41) is 12.0. The Kier molecular flexibility index (Phi) is 6.04. The third kappa shape index (κ3) is 3.98. The van der Waals surface area contributed by atoms with Crippen LogP contribution in [0, 0.1) is 10.1 Å². The minimum Gasteiger partial charge on any atom is -0.378 e. The predicted octanol–water partition coefficient (Wildman–Crippen LogP) is 5.73. The first-order chi connectivity index (χ1) is 14.1. The van der Waals surface area contributed by atoms with Crippen LogP contribution >= 0.6 is 11.6 Å². The number of nitro benzene ring substituents is 1. The molecule has 3 aromatic rings. The minimum absolute atomic E-state index is 0.0236. The average molecular weight is 424 g/mol. The summed E-state index contributed by atoms with van der Waals surface area (Å²) >= 11 is 6.61. The van der Waals surface area contributed by atoms with Gasteiger partial charge in [0.2, 0.25) is 0 Å². The second-order valence-corrected chi connectivity index (χ2v) is 8.34. The maximum Gasteiger partial charge on any atom is 0.269 e. The van der Waals surface area contributed by atoms with E-state index in [0.29, 0.717) is 10.6 Å². The van der Waals surface area contributed by atoms with Gasteiger partial charge < -0.3 is 9.80 Å². The van der Waals surface area contributed by atoms with Crippen molar-refractivity contribution < 1.29 is 4.92 Å². The van der Waals surface area contributed by atoms with Crippen LogP contribution in [0.1, 0.15) is 23.6 Å². The molecule has 0 aliphatic rings. The lowest BCUT2D eigenvalue weighted by atomic mass is 9.71. The lowest BCUT2D eigenvalue weighted by Crippen LogP contribution is -2.26. The number of benzene rings is 3. The van der Waals surface area contributed by atoms with Crippen molar-refractivity contribution in [3.8, 4) is 0 Å². The zero-order chi connectivity index (χ0) is 22.1. The van der Waals surface area contributed by atoms with E-state index in [2.05, 4.69) is 31.2 Å². The number of halogens is 1. The Balaban J connectivity index is 2.26. The van der Waals surface area contributed by atoms with Gasteiger partial charge in [0.05, 0.1) is 4.92 Å². The fraction of sp³-hybridized carbons (Fsp3) is 0.250. The molecule has 0 bridgehead atoms. The monoisotopic (exact) mass is 423 g/mol. The number of rotatable bonds is 6. The number of nitrogens with zero attached hydrogens (tertiary/aromatic N) is 3. The van der Waals surface area contributed by atoms with E-state index in [4.69, 9.17) is 11.6 Å². The average Bonchev–Trinajstić information content (AvgIpc) is 2.73. The Hall–Kier alpha value is -3.05. The highest BCUT2D eigenvalue weighted by molar-refractivity contribution is 6.31. The Bertz CT molecular complexity index is 994. The normalized spacial score (nSPS) is 11.3. The smallest absolute Gasteiger partial charge is 0.269 e. The van der Waals surface area contributed by atoms with Crippen LogP contribution in [0.4, 0.5) is 17.1 Å². The molecule has 30 heavy (non-hydrogen) atoms. The molecular formula is C24H26ClN3O2. The molecule has 6 heteroatoms. The highest BCUT2D eigenvalue weighted by Gasteiger charge is 2.34. The van der Waals surface area contributed by atoms with Crippen molar-refractivity contribution in [1.29, 1.82) is 0 Å². The quantitative estimate of drug-likeness (QED) is 0.288. The van der Waals surface area contributed by atoms with E-state index in [1.165, 1.54) is 6.07 Å². The van der Waals surface area contributed by atoms with Crippen molar-refractivity contribution in [3.63, 3.8) is 0 Å². The van der Waals surface area contributed by atoms with Gasteiger partial charge in [0.1, 0.15) is 0 Å². The summed E-state index contributed by atoms with van der Waals surface area (Å²) in [6.07, 6.45) is 0. The van der Waals surface area contributed by atoms with Crippen LogP contribution in [-0.4, -0.2) is 33.1 Å². The SMILES string of the molecule is CN(C)c1ccc(C(C)(c2ccc(N(C)C)cc2)c2cc([N+](=O)[O-])ccc2Cl)cc1. The minimum atomic E-state index is -0.668. The van der Waals surface area contributed by atoms with E-state index < -0.39 is 5.41 Å². The third-order valence-corrected chi connectivity index (χ3v) is 5.95. The lowest BCUT2D eigenvalue weighted by Gasteiger charge is -2.33. The van der Waals surface area contributed by atoms with E-state index in [9.17, 15) is 10.1 Å². The van der Waals surface area contributed by atoms with Gasteiger partial charge in [-0.05, 0) is 53.9 Å². The molecule has 0 saturated heterocycles. The van der Waals surface area contributed by atoms with Crippen molar-refractivity contribution in [1.82, 2.24) is 0 Å². The highest BCUT2D eigenvalue weighted by Crippen LogP contribution is 2.44. The molecular weight excluding hydrogens is 398 g/mol. The second-order valence-electron chi connectivity index (χ2n) is 7.93. The van der Waals surface area contributed by atoms with E-state index >= 15 is 0 Å². The topological polar surface area (TPSA) is 49.6 Å². The zero-order valence-corrected chi connectivity index (χ0v) is 18.6. The molecule has 156 valence electrons. The first-order valence-electron chi connectivity index (χ1n) is 9.64. The molecule has 3 aromatic carbocycles. The van der Waals surface area contributed by atoms with E-state index in [1.54, 1.807) is 12.1 Å². The van der Waals surface area contributed by atoms with Crippen LogP contribution in [0.5, 0.6) is 0 Å². The molecule has 0 atom stereocenters. The summed E-state index contributed by atoms with van der Waals surface area (Å²) in [6.45, 7) is 2.06. The van der Waals surface area contributed by atoms with Gasteiger partial charge in [-0.3, -0.25) is 10.1 Å². The first-order valence-corrected chi connectivity index (χ1v) is 10.0. The van der Waals surface area contributed by atoms with Gasteiger partial charge in [0, 0.05) is 62.1 Å². The van der Waals surface area contributed by atoms with Crippen LogP contribution in [-0.2, 0) is 5.41 Å². The van der Waals surface area contributed by atoms with Gasteiger partial charge in [-0.15, -0.1) is 0 Å². The third-order valence-electron chi connectivity index (χ3n) is 5.62. The van der Waals surface area contributed by atoms with Crippen LogP contribution in [0.2, 0.25) is 5.02 Å². The van der Waals surface area contributed by atoms with Gasteiger partial charge in [-0.1, -0.05) is 35.9 Å². The predicted molar refractivity (Wildman–Crippen MR) is 125 cm³/mol. The number of hydrogen-bond donors (Lipinski definition) is 0. The second kappa shape index (κ2) is 8.36. The van der Waals surface area contributed by atoms with Gasteiger partial charge in [0.15, 0.2) is 0 Å². The molecule has 0 aliphatic heterocycles. The molecule has 0 unspecified atom stereocenters. The Labute approximate surface area is 182 Å². The standard InChI is InChI=1S/C24H26ClN3O2/c1-24(17-6-10-19(11-7-17)26(2)3,18-8-12-20(13-9-18)27(4)5)22-16-21(28(29)30)14-15-23(22)25/h6-16H,1-5H3. The Morgan fingerprint density at radius 3 is 1.60 bits per heavy atom. The highest BCUT2D eigenvalue weighted by atomic mass is 35.5. The van der Waals surface area contributed by atoms with Crippen molar-refractivity contribution in [2.24, 2.45) is 0 Å². The van der Waals surface area contributed by atoms with Crippen LogP contribution in [0.15, 0.2) is 66.7 Å². The summed E-state index contributed by atoms with van der Waals surface area (Å²) < 4.78 is 0. The number of hydrogen-bond acceptors (Lipinski definition) is 4. The fourth-order valence-corrected chi connectivity index (χ4v) is 3.98. The fourth-order valence-electron chi connectivity index (χ4n) is 3.67. The van der Waals surface area contributed by atoms with Crippen LogP contribution < -0.4 is 9.80 Å². The largest absolute Gasteiger partial charge is 0.378 e. The summed E-state index contributed by atoms with van der Waals surface area (Å²) in [7, 11) is 7.97. The lowest BCUT2D eigenvalue weighted by molar-refractivity contribution is -0.384. The molecule has 0 spiro atoms. The van der Waals surface area contributed by atoms with Gasteiger partial charge in [-0.2, -0.15) is 0 Å². The maximum absolute atomic E-state index is 11.5. The summed E-state index contributed by atoms with van der Waals surface area (Å²) in [5.41, 5.74) is 4.23. The molecule has 0 radical (unpaired) electrons. The van der Waals surface area contributed by atoms with Crippen molar-refractivity contribution in [2.45, 2.75) is 12.3 Å². The maximum atomic E-state index is 11.5. The van der Waals surface area contributed by atoms with Gasteiger partial charge in [-0.25, -0.2) is 0 Å². The van der Waals surface area contributed by atoms with Gasteiger partial charge in [0.25, 0.3) is 5.69 Å². The van der Waals surface area contributed by atoms with E-state index in [1.807, 2.05) is 62.3 Å². The van der Waals surface area contributed by atoms with Crippen LogP contribution in [0.3, 0.4) is 0 Å². The molecule has 0 amide bonds. The van der Waals surface area contributed by atoms with E-state index in [-0.39, 0.29) is 10.6 Å². The van der Waals surface area contributed by atoms with Crippen molar-refractivity contribution >= 4 is 28.7 Å². The van der Waals surface area contributed by atoms with Crippen molar-refractivity contribution in [3.05, 3.63) is 98.6 Å². The summed E-state index contributed by atoms with van der Waals surface area (Å²) in [5.74, 6) is 0. The number of nitro groups is 1. The number of anilines is 2. The van der Waals surface area contributed by atoms with Crippen molar-refractivity contribution in [2.75, 3.05) is 38.0 Å².